The van der Waals surface area contributed by atoms with Gasteiger partial charge in [-0.25, -0.2) is 18.0 Å². The molecule has 0 aliphatic heterocycles. The number of sulfone groups is 1. The summed E-state index contributed by atoms with van der Waals surface area (Å²) in [4.78, 5) is 33.8. The number of carboxylic acid groups (broad SMARTS) is 1. The van der Waals surface area contributed by atoms with Crippen LogP contribution in [-0.2, 0) is 19.4 Å². The molecule has 0 heterocycles. The summed E-state index contributed by atoms with van der Waals surface area (Å²) in [6, 6.07) is -0.894. The van der Waals surface area contributed by atoms with E-state index in [0.29, 0.717) is 0 Å². The number of carbonyl (C=O) groups is 3. The number of rotatable bonds is 5. The second-order valence-electron chi connectivity index (χ2n) is 5.22. The van der Waals surface area contributed by atoms with Gasteiger partial charge in [-0.15, -0.1) is 0 Å². The summed E-state index contributed by atoms with van der Waals surface area (Å²) in [5.41, 5.74) is -0.295. The third-order valence-corrected chi connectivity index (χ3v) is 5.28. The van der Waals surface area contributed by atoms with E-state index in [1.165, 1.54) is 27.7 Å². The van der Waals surface area contributed by atoms with Crippen LogP contribution in [0.3, 0.4) is 0 Å². The molecule has 0 spiro atoms. The Bertz CT molecular complexity index is 589. The zero-order valence-corrected chi connectivity index (χ0v) is 13.4. The molecule has 3 amide bonds. The van der Waals surface area contributed by atoms with Crippen LogP contribution < -0.4 is 10.6 Å². The van der Waals surface area contributed by atoms with Crippen LogP contribution in [0.25, 0.3) is 0 Å². The van der Waals surface area contributed by atoms with E-state index in [4.69, 9.17) is 5.11 Å². The summed E-state index contributed by atoms with van der Waals surface area (Å²) < 4.78 is 21.7. The molecule has 120 valence electrons. The molecule has 0 bridgehead atoms. The van der Waals surface area contributed by atoms with Crippen LogP contribution in [0.4, 0.5) is 4.79 Å². The highest BCUT2D eigenvalue weighted by Crippen LogP contribution is 2.13. The van der Waals surface area contributed by atoms with Gasteiger partial charge in [-0.05, 0) is 27.7 Å². The van der Waals surface area contributed by atoms with E-state index in [1.54, 1.807) is 0 Å². The monoisotopic (exact) mass is 320 g/mol. The molecule has 8 nitrogen and oxygen atoms in total. The molecule has 0 aromatic rings. The molecule has 3 N–H and O–H groups in total. The van der Waals surface area contributed by atoms with E-state index >= 15 is 0 Å². The third-order valence-electron chi connectivity index (χ3n) is 3.13. The molecule has 0 fully saturated rings. The van der Waals surface area contributed by atoms with E-state index in [-0.39, 0.29) is 17.7 Å². The Hall–Kier alpha value is -1.90. The Kier molecular flexibility index (Phi) is 6.10. The maximum absolute atomic E-state index is 11.6. The van der Waals surface area contributed by atoms with Gasteiger partial charge in [-0.1, -0.05) is 0 Å². The molecule has 0 atom stereocenters. The molecule has 0 rings (SSSR count). The molecule has 21 heavy (non-hydrogen) atoms. The quantitative estimate of drug-likeness (QED) is 0.614. The van der Waals surface area contributed by atoms with E-state index < -0.39 is 32.5 Å². The fourth-order valence-electron chi connectivity index (χ4n) is 0.996. The van der Waals surface area contributed by atoms with Gasteiger partial charge in [0.05, 0.1) is 4.75 Å². The normalized spacial score (nSPS) is 13.2. The van der Waals surface area contributed by atoms with Crippen molar-refractivity contribution in [2.45, 2.75) is 32.4 Å². The lowest BCUT2D eigenvalue weighted by Gasteiger charge is -2.22. The lowest BCUT2D eigenvalue weighted by Crippen LogP contribution is -2.48. The number of aliphatic carboxylic acids is 1. The minimum absolute atomic E-state index is 0.111. The van der Waals surface area contributed by atoms with Gasteiger partial charge in [0.1, 0.15) is 0 Å². The first-order valence-electron chi connectivity index (χ1n) is 5.99. The third kappa shape index (κ3) is 5.54. The average molecular weight is 320 g/mol. The fraction of sp³-hybridized carbons (Fsp3) is 0.583. The van der Waals surface area contributed by atoms with Gasteiger partial charge in [-0.3, -0.25) is 10.1 Å². The minimum Gasteiger partial charge on any atom is -0.478 e. The van der Waals surface area contributed by atoms with E-state index in [1.807, 2.05) is 5.32 Å². The van der Waals surface area contributed by atoms with Crippen molar-refractivity contribution < 1.29 is 27.9 Å². The molecule has 0 unspecified atom stereocenters. The number of hydrogen-bond donors (Lipinski definition) is 3. The number of carbonyl (C=O) groups excluding carboxylic acids is 2. The second-order valence-corrected chi connectivity index (χ2v) is 7.87. The van der Waals surface area contributed by atoms with E-state index in [9.17, 15) is 22.8 Å². The Labute approximate surface area is 123 Å². The zero-order valence-electron chi connectivity index (χ0n) is 12.6. The van der Waals surface area contributed by atoms with Gasteiger partial charge >= 0.3 is 12.0 Å². The standard InChI is InChI=1S/C12H20N2O6S/c1-7(8(2)10(16)17)9(15)14-11(18)13-6-12(3,4)21(5,19)20/h6H2,1-5H3,(H,16,17)(H2,13,14,15,18). The largest absolute Gasteiger partial charge is 0.478 e. The van der Waals surface area contributed by atoms with Crippen LogP contribution in [0.15, 0.2) is 11.1 Å². The van der Waals surface area contributed by atoms with Crippen molar-refractivity contribution in [3.8, 4) is 0 Å². The summed E-state index contributed by atoms with van der Waals surface area (Å²) in [6.45, 7) is 5.19. The Morgan fingerprint density at radius 3 is 1.95 bits per heavy atom. The number of carboxylic acids is 1. The van der Waals surface area contributed by atoms with Crippen molar-refractivity contribution in [3.63, 3.8) is 0 Å². The summed E-state index contributed by atoms with van der Waals surface area (Å²) in [7, 11) is -3.38. The van der Waals surface area contributed by atoms with Crippen molar-refractivity contribution in [2.75, 3.05) is 12.8 Å². The molecule has 0 aliphatic carbocycles. The number of nitrogens with one attached hydrogen (secondary N) is 2. The molecule has 9 heteroatoms. The number of urea groups is 1. The van der Waals surface area contributed by atoms with Crippen molar-refractivity contribution in [2.24, 2.45) is 0 Å². The molecule has 0 aromatic heterocycles. The van der Waals surface area contributed by atoms with Gasteiger partial charge in [-0.2, -0.15) is 0 Å². The van der Waals surface area contributed by atoms with Crippen molar-refractivity contribution in [1.82, 2.24) is 10.6 Å². The predicted molar refractivity (Wildman–Crippen MR) is 76.5 cm³/mol. The highest BCUT2D eigenvalue weighted by molar-refractivity contribution is 7.92. The SMILES string of the molecule is CC(C(=O)O)=C(C)C(=O)NC(=O)NCC(C)(C)S(C)(=O)=O. The van der Waals surface area contributed by atoms with Gasteiger partial charge in [0.15, 0.2) is 9.84 Å². The smallest absolute Gasteiger partial charge is 0.331 e. The first-order chi connectivity index (χ1) is 9.29. The van der Waals surface area contributed by atoms with Crippen LogP contribution in [0.2, 0.25) is 0 Å². The van der Waals surface area contributed by atoms with E-state index in [0.717, 1.165) is 6.26 Å². The molecular formula is C12H20N2O6S. The minimum atomic E-state index is -3.38. The topological polar surface area (TPSA) is 130 Å². The summed E-state index contributed by atoms with van der Waals surface area (Å²) >= 11 is 0. The predicted octanol–water partition coefficient (Wildman–Crippen LogP) is 0.0564. The Balaban J connectivity index is 4.72. The first kappa shape index (κ1) is 19.1. The molecule has 0 saturated heterocycles. The van der Waals surface area contributed by atoms with Crippen molar-refractivity contribution in [1.29, 1.82) is 0 Å². The van der Waals surface area contributed by atoms with Crippen LogP contribution in [0.5, 0.6) is 0 Å². The fourth-order valence-corrected chi connectivity index (χ4v) is 1.33. The maximum Gasteiger partial charge on any atom is 0.331 e. The van der Waals surface area contributed by atoms with Crippen LogP contribution in [0.1, 0.15) is 27.7 Å². The summed E-state index contributed by atoms with van der Waals surface area (Å²) in [6.07, 6.45) is 1.04. The average Bonchev–Trinajstić information content (AvgIpc) is 2.33. The maximum atomic E-state index is 11.6. The summed E-state index contributed by atoms with van der Waals surface area (Å²) in [5.74, 6) is -2.12. The molecule has 0 aromatic carbocycles. The van der Waals surface area contributed by atoms with E-state index in [2.05, 4.69) is 5.32 Å². The van der Waals surface area contributed by atoms with Crippen molar-refractivity contribution >= 4 is 27.7 Å². The van der Waals surface area contributed by atoms with Crippen LogP contribution >= 0.6 is 0 Å². The van der Waals surface area contributed by atoms with Crippen LogP contribution in [-0.4, -0.2) is 49.0 Å². The van der Waals surface area contributed by atoms with Gasteiger partial charge in [0, 0.05) is 23.9 Å². The number of imide groups is 1. The molecule has 0 radical (unpaired) electrons. The second kappa shape index (κ2) is 6.70. The summed E-state index contributed by atoms with van der Waals surface area (Å²) in [5, 5.41) is 12.9. The Morgan fingerprint density at radius 1 is 1.10 bits per heavy atom. The first-order valence-corrected chi connectivity index (χ1v) is 7.88. The van der Waals surface area contributed by atoms with Gasteiger partial charge in [0.25, 0.3) is 5.91 Å². The molecular weight excluding hydrogens is 300 g/mol. The zero-order chi connectivity index (χ0) is 17.0. The lowest BCUT2D eigenvalue weighted by molar-refractivity contribution is -0.133. The Morgan fingerprint density at radius 2 is 1.57 bits per heavy atom. The number of amides is 3. The molecule has 0 aliphatic rings. The van der Waals surface area contributed by atoms with Gasteiger partial charge in [0.2, 0.25) is 0 Å². The van der Waals surface area contributed by atoms with Gasteiger partial charge < -0.3 is 10.4 Å². The lowest BCUT2D eigenvalue weighted by atomic mass is 10.1. The van der Waals surface area contributed by atoms with Crippen LogP contribution in [0, 0.1) is 0 Å². The number of hydrogen-bond acceptors (Lipinski definition) is 5. The van der Waals surface area contributed by atoms with Crippen molar-refractivity contribution in [3.05, 3.63) is 11.1 Å². The highest BCUT2D eigenvalue weighted by Gasteiger charge is 2.30. The highest BCUT2D eigenvalue weighted by atomic mass is 32.2. The molecule has 0 saturated carbocycles.